The largest absolute Gasteiger partial charge is 0.369 e. The lowest BCUT2D eigenvalue weighted by molar-refractivity contribution is 0.437. The van der Waals surface area contributed by atoms with E-state index in [1.165, 1.54) is 10.6 Å². The summed E-state index contributed by atoms with van der Waals surface area (Å²) in [6.45, 7) is 2.52. The van der Waals surface area contributed by atoms with Gasteiger partial charge in [0.2, 0.25) is 10.0 Å². The summed E-state index contributed by atoms with van der Waals surface area (Å²) < 4.78 is 24.6. The zero-order valence-electron chi connectivity index (χ0n) is 10.2. The van der Waals surface area contributed by atoms with Crippen LogP contribution in [0.4, 0.5) is 5.69 Å². The van der Waals surface area contributed by atoms with E-state index in [0.717, 1.165) is 18.7 Å². The Kier molecular flexibility index (Phi) is 4.09. The minimum absolute atomic E-state index is 0.498. The van der Waals surface area contributed by atoms with Gasteiger partial charge in [0.25, 0.3) is 0 Å². The van der Waals surface area contributed by atoms with Crippen molar-refractivity contribution in [3.8, 4) is 0 Å². The molecule has 0 bridgehead atoms. The molecule has 2 heterocycles. The molecule has 1 aromatic rings. The Balaban J connectivity index is 2.13. The van der Waals surface area contributed by atoms with Crippen LogP contribution in [0.3, 0.4) is 0 Å². The van der Waals surface area contributed by atoms with Crippen LogP contribution in [0.25, 0.3) is 0 Å². The molecule has 7 heteroatoms. The van der Waals surface area contributed by atoms with E-state index in [1.54, 1.807) is 12.4 Å². The van der Waals surface area contributed by atoms with Crippen molar-refractivity contribution in [2.45, 2.75) is 6.42 Å². The van der Waals surface area contributed by atoms with Crippen molar-refractivity contribution in [2.75, 3.05) is 37.3 Å². The summed E-state index contributed by atoms with van der Waals surface area (Å²) in [5.41, 5.74) is 0.919. The van der Waals surface area contributed by atoms with Gasteiger partial charge in [-0.15, -0.1) is 0 Å². The van der Waals surface area contributed by atoms with Crippen LogP contribution < -0.4 is 4.90 Å². The molecule has 0 radical (unpaired) electrons. The van der Waals surface area contributed by atoms with Gasteiger partial charge in [0.1, 0.15) is 0 Å². The summed E-state index contributed by atoms with van der Waals surface area (Å²) in [4.78, 5) is 6.06. The summed E-state index contributed by atoms with van der Waals surface area (Å²) in [6, 6.07) is 1.86. The van der Waals surface area contributed by atoms with E-state index in [-0.39, 0.29) is 0 Å². The highest BCUT2D eigenvalue weighted by molar-refractivity contribution is 7.88. The molecule has 0 atom stereocenters. The first-order valence-electron chi connectivity index (χ1n) is 5.78. The molecule has 2 rings (SSSR count). The first kappa shape index (κ1) is 13.6. The van der Waals surface area contributed by atoms with Crippen molar-refractivity contribution >= 4 is 27.3 Å². The fraction of sp³-hybridized carbons (Fsp3) is 0.545. The highest BCUT2D eigenvalue weighted by atomic mass is 35.5. The Labute approximate surface area is 112 Å². The van der Waals surface area contributed by atoms with Crippen LogP contribution in [-0.2, 0) is 10.0 Å². The standard InChI is InChI=1S/C11H16ClN3O2S/c1-18(16,17)15-6-2-5-14(7-8-15)11-3-4-13-9-10(11)12/h3-4,9H,2,5-8H2,1H3. The van der Waals surface area contributed by atoms with Gasteiger partial charge in [0, 0.05) is 38.6 Å². The van der Waals surface area contributed by atoms with Crippen LogP contribution in [0.2, 0.25) is 5.02 Å². The predicted octanol–water partition coefficient (Wildman–Crippen LogP) is 1.21. The fourth-order valence-electron chi connectivity index (χ4n) is 2.09. The molecule has 1 saturated heterocycles. The number of pyridine rings is 1. The van der Waals surface area contributed by atoms with E-state index in [0.29, 0.717) is 24.7 Å². The first-order chi connectivity index (χ1) is 8.48. The monoisotopic (exact) mass is 289 g/mol. The van der Waals surface area contributed by atoms with Crippen LogP contribution in [0, 0.1) is 0 Å². The average Bonchev–Trinajstić information content (AvgIpc) is 2.54. The third kappa shape index (κ3) is 3.13. The second-order valence-corrected chi connectivity index (χ2v) is 6.72. The number of sulfonamides is 1. The number of rotatable bonds is 2. The Hall–Kier alpha value is -0.850. The van der Waals surface area contributed by atoms with Crippen molar-refractivity contribution in [1.29, 1.82) is 0 Å². The number of hydrogen-bond acceptors (Lipinski definition) is 4. The van der Waals surface area contributed by atoms with Crippen LogP contribution in [0.5, 0.6) is 0 Å². The van der Waals surface area contributed by atoms with E-state index < -0.39 is 10.0 Å². The maximum Gasteiger partial charge on any atom is 0.211 e. The minimum Gasteiger partial charge on any atom is -0.369 e. The quantitative estimate of drug-likeness (QED) is 0.821. The third-order valence-corrected chi connectivity index (χ3v) is 4.61. The fourth-order valence-corrected chi connectivity index (χ4v) is 3.20. The van der Waals surface area contributed by atoms with Crippen LogP contribution >= 0.6 is 11.6 Å². The molecule has 0 saturated carbocycles. The summed E-state index contributed by atoms with van der Waals surface area (Å²) >= 11 is 6.10. The molecule has 5 nitrogen and oxygen atoms in total. The lowest BCUT2D eigenvalue weighted by atomic mass is 10.3. The molecule has 0 N–H and O–H groups in total. The van der Waals surface area contributed by atoms with Crippen LogP contribution in [-0.4, -0.2) is 50.1 Å². The second-order valence-electron chi connectivity index (χ2n) is 4.33. The van der Waals surface area contributed by atoms with Gasteiger partial charge in [0.15, 0.2) is 0 Å². The number of nitrogens with zero attached hydrogens (tertiary/aromatic N) is 3. The summed E-state index contributed by atoms with van der Waals surface area (Å²) in [5, 5.41) is 0.602. The SMILES string of the molecule is CS(=O)(=O)N1CCCN(c2ccncc2Cl)CC1. The van der Waals surface area contributed by atoms with Gasteiger partial charge < -0.3 is 4.90 Å². The zero-order valence-corrected chi connectivity index (χ0v) is 11.8. The van der Waals surface area contributed by atoms with Gasteiger partial charge in [-0.05, 0) is 12.5 Å². The van der Waals surface area contributed by atoms with Crippen molar-refractivity contribution in [3.05, 3.63) is 23.5 Å². The number of aromatic nitrogens is 1. The maximum atomic E-state index is 11.5. The molecule has 1 aliphatic rings. The predicted molar refractivity (Wildman–Crippen MR) is 72.5 cm³/mol. The Morgan fingerprint density at radius 3 is 2.72 bits per heavy atom. The zero-order chi connectivity index (χ0) is 13.2. The van der Waals surface area contributed by atoms with Gasteiger partial charge in [-0.25, -0.2) is 12.7 Å². The molecule has 0 aliphatic carbocycles. The lowest BCUT2D eigenvalue weighted by Crippen LogP contribution is -2.34. The van der Waals surface area contributed by atoms with E-state index >= 15 is 0 Å². The molecule has 1 aliphatic heterocycles. The van der Waals surface area contributed by atoms with Crippen molar-refractivity contribution in [1.82, 2.24) is 9.29 Å². The Bertz CT molecular complexity index is 521. The number of hydrogen-bond donors (Lipinski definition) is 0. The van der Waals surface area contributed by atoms with E-state index in [9.17, 15) is 8.42 Å². The lowest BCUT2D eigenvalue weighted by Gasteiger charge is -2.23. The number of anilines is 1. The minimum atomic E-state index is -3.10. The number of halogens is 1. The molecule has 1 fully saturated rings. The van der Waals surface area contributed by atoms with Gasteiger partial charge in [-0.2, -0.15) is 0 Å². The van der Waals surface area contributed by atoms with Crippen molar-refractivity contribution in [2.24, 2.45) is 0 Å². The normalized spacial score (nSPS) is 18.7. The smallest absolute Gasteiger partial charge is 0.211 e. The third-order valence-electron chi connectivity index (χ3n) is 3.02. The highest BCUT2D eigenvalue weighted by Gasteiger charge is 2.22. The van der Waals surface area contributed by atoms with Gasteiger partial charge in [-0.3, -0.25) is 4.98 Å². The van der Waals surface area contributed by atoms with Gasteiger partial charge in [0.05, 0.1) is 17.0 Å². The summed E-state index contributed by atoms with van der Waals surface area (Å²) in [7, 11) is -3.10. The van der Waals surface area contributed by atoms with Crippen LogP contribution in [0.1, 0.15) is 6.42 Å². The highest BCUT2D eigenvalue weighted by Crippen LogP contribution is 2.25. The van der Waals surface area contributed by atoms with Crippen LogP contribution in [0.15, 0.2) is 18.5 Å². The van der Waals surface area contributed by atoms with Crippen molar-refractivity contribution < 1.29 is 8.42 Å². The van der Waals surface area contributed by atoms with Gasteiger partial charge in [-0.1, -0.05) is 11.6 Å². The topological polar surface area (TPSA) is 53.5 Å². The molecule has 100 valence electrons. The van der Waals surface area contributed by atoms with E-state index in [1.807, 2.05) is 6.07 Å². The molecule has 18 heavy (non-hydrogen) atoms. The maximum absolute atomic E-state index is 11.5. The van der Waals surface area contributed by atoms with Crippen molar-refractivity contribution in [3.63, 3.8) is 0 Å². The molecule has 1 aromatic heterocycles. The average molecular weight is 290 g/mol. The summed E-state index contributed by atoms with van der Waals surface area (Å²) in [5.74, 6) is 0. The summed E-state index contributed by atoms with van der Waals surface area (Å²) in [6.07, 6.45) is 5.35. The molecular weight excluding hydrogens is 274 g/mol. The molecule has 0 aromatic carbocycles. The first-order valence-corrected chi connectivity index (χ1v) is 8.01. The Morgan fingerprint density at radius 1 is 1.28 bits per heavy atom. The molecular formula is C11H16ClN3O2S. The second kappa shape index (κ2) is 5.42. The molecule has 0 spiro atoms. The Morgan fingerprint density at radius 2 is 2.06 bits per heavy atom. The van der Waals surface area contributed by atoms with E-state index in [2.05, 4.69) is 9.88 Å². The molecule has 0 unspecified atom stereocenters. The molecule has 0 amide bonds. The van der Waals surface area contributed by atoms with E-state index in [4.69, 9.17) is 11.6 Å². The van der Waals surface area contributed by atoms with Gasteiger partial charge >= 0.3 is 0 Å².